The molecule has 0 N–H and O–H groups in total. The summed E-state index contributed by atoms with van der Waals surface area (Å²) in [5.41, 5.74) is -0.140. The summed E-state index contributed by atoms with van der Waals surface area (Å²) in [6.07, 6.45) is 0. The molecule has 10 nitrogen and oxygen atoms in total. The van der Waals surface area contributed by atoms with Gasteiger partial charge in [-0.1, -0.05) is 39.6 Å². The second-order valence-corrected chi connectivity index (χ2v) is 6.22. The van der Waals surface area contributed by atoms with Gasteiger partial charge in [-0.2, -0.15) is 0 Å². The van der Waals surface area contributed by atoms with E-state index in [1.807, 2.05) is 0 Å². The van der Waals surface area contributed by atoms with Crippen molar-refractivity contribution in [1.82, 2.24) is 9.80 Å². The standard InChI is InChI=1S/C16H16Cl2N4O6/c1-21(2)13(23)11(17)19-27-15(25)9-6-5-7-10(8-9)16(26)28-20-12(18)14(24)22(3)4/h5-8H,1-4H3. The van der Waals surface area contributed by atoms with E-state index in [1.54, 1.807) is 0 Å². The highest BCUT2D eigenvalue weighted by Gasteiger charge is 2.17. The summed E-state index contributed by atoms with van der Waals surface area (Å²) in [5.74, 6) is -3.25. The molecule has 0 atom stereocenters. The minimum Gasteiger partial charge on any atom is -0.343 e. The van der Waals surface area contributed by atoms with E-state index in [2.05, 4.69) is 20.0 Å². The molecule has 2 amide bonds. The van der Waals surface area contributed by atoms with Gasteiger partial charge in [0.25, 0.3) is 11.8 Å². The molecule has 150 valence electrons. The molecule has 0 aliphatic carbocycles. The molecule has 28 heavy (non-hydrogen) atoms. The van der Waals surface area contributed by atoms with Gasteiger partial charge < -0.3 is 19.5 Å². The van der Waals surface area contributed by atoms with Gasteiger partial charge in [0.15, 0.2) is 0 Å². The second-order valence-electron chi connectivity index (χ2n) is 5.50. The number of carbonyl (C=O) groups excluding carboxylic acids is 4. The molecule has 0 aliphatic heterocycles. The van der Waals surface area contributed by atoms with Crippen LogP contribution in [0.15, 0.2) is 34.6 Å². The summed E-state index contributed by atoms with van der Waals surface area (Å²) in [6, 6.07) is 5.18. The Balaban J connectivity index is 2.86. The average Bonchev–Trinajstić information content (AvgIpc) is 2.68. The molecule has 0 radical (unpaired) electrons. The van der Waals surface area contributed by atoms with Crippen LogP contribution in [0.1, 0.15) is 20.7 Å². The molecule has 0 spiro atoms. The maximum absolute atomic E-state index is 12.0. The van der Waals surface area contributed by atoms with Crippen LogP contribution in [0.2, 0.25) is 0 Å². The number of carbonyl (C=O) groups is 4. The lowest BCUT2D eigenvalue weighted by Crippen LogP contribution is -2.27. The Morgan fingerprint density at radius 2 is 1.14 bits per heavy atom. The van der Waals surface area contributed by atoms with Crippen LogP contribution in [-0.2, 0) is 19.3 Å². The van der Waals surface area contributed by atoms with E-state index in [1.165, 1.54) is 46.4 Å². The summed E-state index contributed by atoms with van der Waals surface area (Å²) in [6.45, 7) is 0. The van der Waals surface area contributed by atoms with Gasteiger partial charge in [-0.05, 0) is 18.2 Å². The number of amides is 2. The Labute approximate surface area is 170 Å². The van der Waals surface area contributed by atoms with Crippen molar-refractivity contribution in [2.75, 3.05) is 28.2 Å². The molecule has 0 saturated heterocycles. The van der Waals surface area contributed by atoms with Gasteiger partial charge in [0, 0.05) is 28.2 Å². The fraction of sp³-hybridized carbons (Fsp3) is 0.250. The van der Waals surface area contributed by atoms with Crippen LogP contribution < -0.4 is 0 Å². The van der Waals surface area contributed by atoms with Crippen molar-refractivity contribution in [2.45, 2.75) is 0 Å². The normalized spacial score (nSPS) is 11.5. The van der Waals surface area contributed by atoms with Crippen LogP contribution in [0.5, 0.6) is 0 Å². The highest BCUT2D eigenvalue weighted by Crippen LogP contribution is 2.10. The Kier molecular flexibility index (Phi) is 8.55. The third-order valence-corrected chi connectivity index (χ3v) is 3.38. The fourth-order valence-corrected chi connectivity index (χ4v) is 1.90. The maximum atomic E-state index is 12.0. The smallest absolute Gasteiger partial charge is 0.343 e. The van der Waals surface area contributed by atoms with Crippen LogP contribution in [0.25, 0.3) is 0 Å². The third kappa shape index (κ3) is 6.63. The van der Waals surface area contributed by atoms with Crippen molar-refractivity contribution in [3.8, 4) is 0 Å². The molecule has 0 aromatic heterocycles. The van der Waals surface area contributed by atoms with E-state index < -0.39 is 34.1 Å². The molecule has 1 aromatic carbocycles. The van der Waals surface area contributed by atoms with E-state index in [0.717, 1.165) is 15.9 Å². The van der Waals surface area contributed by atoms with E-state index >= 15 is 0 Å². The number of nitrogens with zero attached hydrogens (tertiary/aromatic N) is 4. The zero-order valence-electron chi connectivity index (χ0n) is 15.3. The molecule has 0 unspecified atom stereocenters. The topological polar surface area (TPSA) is 118 Å². The summed E-state index contributed by atoms with van der Waals surface area (Å²) >= 11 is 11.2. The first-order chi connectivity index (χ1) is 13.0. The highest BCUT2D eigenvalue weighted by molar-refractivity contribution is 6.83. The minimum atomic E-state index is -0.969. The summed E-state index contributed by atoms with van der Waals surface area (Å²) in [7, 11) is 5.77. The van der Waals surface area contributed by atoms with Gasteiger partial charge >= 0.3 is 11.9 Å². The summed E-state index contributed by atoms with van der Waals surface area (Å²) in [4.78, 5) is 58.4. The van der Waals surface area contributed by atoms with Crippen molar-refractivity contribution in [3.63, 3.8) is 0 Å². The van der Waals surface area contributed by atoms with Crippen LogP contribution in [-0.4, -0.2) is 72.1 Å². The predicted octanol–water partition coefficient (Wildman–Crippen LogP) is 1.28. The summed E-state index contributed by atoms with van der Waals surface area (Å²) in [5, 5.41) is 5.37. The molecule has 1 rings (SSSR count). The van der Waals surface area contributed by atoms with E-state index in [9.17, 15) is 19.2 Å². The Morgan fingerprint density at radius 1 is 0.786 bits per heavy atom. The third-order valence-electron chi connectivity index (χ3n) is 2.92. The molecular formula is C16H16Cl2N4O6. The van der Waals surface area contributed by atoms with Crippen LogP contribution in [0.4, 0.5) is 0 Å². The van der Waals surface area contributed by atoms with Gasteiger partial charge in [-0.25, -0.2) is 9.59 Å². The molecule has 0 aliphatic rings. The first-order valence-corrected chi connectivity index (χ1v) is 8.23. The number of rotatable bonds is 6. The SMILES string of the molecule is CN(C)C(=O)C(Cl)=NOC(=O)c1cccc(C(=O)ON=C(Cl)C(=O)N(C)C)c1. The molecule has 0 fully saturated rings. The van der Waals surface area contributed by atoms with Crippen LogP contribution >= 0.6 is 23.2 Å². The Bertz CT molecular complexity index is 786. The number of benzene rings is 1. The first kappa shape index (κ1) is 23.1. The quantitative estimate of drug-likeness (QED) is 0.381. The van der Waals surface area contributed by atoms with Crippen LogP contribution in [0.3, 0.4) is 0 Å². The zero-order valence-corrected chi connectivity index (χ0v) is 16.8. The lowest BCUT2D eigenvalue weighted by atomic mass is 10.1. The minimum absolute atomic E-state index is 0.0700. The van der Waals surface area contributed by atoms with E-state index in [0.29, 0.717) is 0 Å². The second kappa shape index (κ2) is 10.4. The van der Waals surface area contributed by atoms with Crippen molar-refractivity contribution in [2.24, 2.45) is 10.3 Å². The number of hydrogen-bond donors (Lipinski definition) is 0. The van der Waals surface area contributed by atoms with E-state index in [-0.39, 0.29) is 11.1 Å². The summed E-state index contributed by atoms with van der Waals surface area (Å²) < 4.78 is 0. The van der Waals surface area contributed by atoms with Gasteiger partial charge in [-0.3, -0.25) is 9.59 Å². The van der Waals surface area contributed by atoms with Crippen LogP contribution in [0, 0.1) is 0 Å². The van der Waals surface area contributed by atoms with Gasteiger partial charge in [-0.15, -0.1) is 0 Å². The lowest BCUT2D eigenvalue weighted by Gasteiger charge is -2.07. The number of halogens is 2. The average molecular weight is 431 g/mol. The van der Waals surface area contributed by atoms with Crippen molar-refractivity contribution < 1.29 is 28.9 Å². The van der Waals surface area contributed by atoms with Crippen molar-refractivity contribution >= 4 is 57.3 Å². The van der Waals surface area contributed by atoms with E-state index in [4.69, 9.17) is 23.2 Å². The first-order valence-electron chi connectivity index (χ1n) is 7.47. The van der Waals surface area contributed by atoms with Gasteiger partial charge in [0.05, 0.1) is 11.1 Å². The Morgan fingerprint density at radius 3 is 1.46 bits per heavy atom. The maximum Gasteiger partial charge on any atom is 0.365 e. The predicted molar refractivity (Wildman–Crippen MR) is 101 cm³/mol. The monoisotopic (exact) mass is 430 g/mol. The zero-order chi connectivity index (χ0) is 21.4. The molecule has 0 heterocycles. The largest absolute Gasteiger partial charge is 0.365 e. The molecule has 0 saturated carbocycles. The molecule has 1 aromatic rings. The van der Waals surface area contributed by atoms with Gasteiger partial charge in [0.2, 0.25) is 10.3 Å². The van der Waals surface area contributed by atoms with Crippen molar-refractivity contribution in [3.05, 3.63) is 35.4 Å². The number of hydrogen-bond acceptors (Lipinski definition) is 8. The lowest BCUT2D eigenvalue weighted by molar-refractivity contribution is -0.122. The molecule has 12 heteroatoms. The Hall–Kier alpha value is -2.98. The molecule has 0 bridgehead atoms. The van der Waals surface area contributed by atoms with Gasteiger partial charge in [0.1, 0.15) is 0 Å². The fourth-order valence-electron chi connectivity index (χ4n) is 1.49. The van der Waals surface area contributed by atoms with Crippen molar-refractivity contribution in [1.29, 1.82) is 0 Å². The highest BCUT2D eigenvalue weighted by atomic mass is 35.5. The number of oxime groups is 2. The molecular weight excluding hydrogens is 415 g/mol.